The van der Waals surface area contributed by atoms with Crippen LogP contribution in [-0.2, 0) is 9.53 Å². The maximum atomic E-state index is 12.5. The van der Waals surface area contributed by atoms with Crippen LogP contribution in [0.4, 0.5) is 0 Å². The van der Waals surface area contributed by atoms with Crippen LogP contribution in [0.2, 0.25) is 0 Å². The van der Waals surface area contributed by atoms with Gasteiger partial charge in [0.15, 0.2) is 0 Å². The molecule has 1 fully saturated rings. The van der Waals surface area contributed by atoms with Crippen molar-refractivity contribution in [3.05, 3.63) is 33.8 Å². The Morgan fingerprint density at radius 2 is 2.16 bits per heavy atom. The van der Waals surface area contributed by atoms with Crippen molar-refractivity contribution in [1.29, 1.82) is 0 Å². The Morgan fingerprint density at radius 1 is 1.42 bits per heavy atom. The Hall–Kier alpha value is -1.36. The van der Waals surface area contributed by atoms with E-state index in [1.54, 1.807) is 11.0 Å². The third-order valence-corrected chi connectivity index (χ3v) is 4.00. The molecule has 1 amide bonds. The molecule has 1 aliphatic heterocycles. The molecular formula is C14H16BrNO3. The molecule has 4 nitrogen and oxygen atoms in total. The van der Waals surface area contributed by atoms with E-state index in [1.165, 1.54) is 7.11 Å². The van der Waals surface area contributed by atoms with E-state index in [9.17, 15) is 9.59 Å². The van der Waals surface area contributed by atoms with Gasteiger partial charge in [-0.25, -0.2) is 4.79 Å². The van der Waals surface area contributed by atoms with Gasteiger partial charge in [0.2, 0.25) is 0 Å². The molecular weight excluding hydrogens is 310 g/mol. The molecule has 5 heteroatoms. The predicted molar refractivity (Wildman–Crippen MR) is 75.0 cm³/mol. The van der Waals surface area contributed by atoms with Gasteiger partial charge in [0, 0.05) is 11.0 Å². The van der Waals surface area contributed by atoms with Crippen molar-refractivity contribution in [3.63, 3.8) is 0 Å². The van der Waals surface area contributed by atoms with Crippen molar-refractivity contribution >= 4 is 27.8 Å². The number of carbonyl (C=O) groups is 2. The minimum absolute atomic E-state index is 0.125. The summed E-state index contributed by atoms with van der Waals surface area (Å²) < 4.78 is 5.51. The van der Waals surface area contributed by atoms with E-state index in [2.05, 4.69) is 15.9 Å². The molecule has 102 valence electrons. The molecule has 0 radical (unpaired) electrons. The van der Waals surface area contributed by atoms with Crippen molar-refractivity contribution < 1.29 is 14.3 Å². The second kappa shape index (κ2) is 5.74. The second-order valence-corrected chi connectivity index (χ2v) is 5.52. The molecule has 1 aromatic carbocycles. The average Bonchev–Trinajstić information content (AvgIpc) is 2.86. The van der Waals surface area contributed by atoms with Gasteiger partial charge in [-0.2, -0.15) is 0 Å². The lowest BCUT2D eigenvalue weighted by atomic mass is 10.1. The zero-order valence-corrected chi connectivity index (χ0v) is 12.6. The quantitative estimate of drug-likeness (QED) is 0.785. The summed E-state index contributed by atoms with van der Waals surface area (Å²) in [6.45, 7) is 2.56. The number of carbonyl (C=O) groups excluding carboxylic acids is 2. The molecule has 0 aromatic heterocycles. The lowest BCUT2D eigenvalue weighted by Gasteiger charge is -2.23. The summed E-state index contributed by atoms with van der Waals surface area (Å²) in [6, 6.07) is 5.12. The van der Waals surface area contributed by atoms with Crippen LogP contribution in [0.15, 0.2) is 22.7 Å². The van der Waals surface area contributed by atoms with E-state index in [0.717, 1.165) is 16.5 Å². The third kappa shape index (κ3) is 2.81. The maximum Gasteiger partial charge on any atom is 0.328 e. The molecule has 0 N–H and O–H groups in total. The summed E-state index contributed by atoms with van der Waals surface area (Å²) in [5.41, 5.74) is 1.66. The summed E-state index contributed by atoms with van der Waals surface area (Å²) in [5.74, 6) is -0.464. The molecule has 2 rings (SSSR count). The van der Waals surface area contributed by atoms with Gasteiger partial charge in [-0.3, -0.25) is 4.79 Å². The average molecular weight is 326 g/mol. The number of likely N-dealkylation sites (tertiary alicyclic amines) is 1. The SMILES string of the molecule is COC(=O)C1CCCN1C(=O)c1ccc(C)cc1Br. The highest BCUT2D eigenvalue weighted by molar-refractivity contribution is 9.10. The molecule has 0 aliphatic carbocycles. The van der Waals surface area contributed by atoms with Gasteiger partial charge in [-0.1, -0.05) is 6.07 Å². The number of nitrogens with zero attached hydrogens (tertiary/aromatic N) is 1. The number of methoxy groups -OCH3 is 1. The van der Waals surface area contributed by atoms with Gasteiger partial charge in [-0.15, -0.1) is 0 Å². The molecule has 1 heterocycles. The van der Waals surface area contributed by atoms with Crippen LogP contribution in [0.3, 0.4) is 0 Å². The van der Waals surface area contributed by atoms with Crippen molar-refractivity contribution in [2.24, 2.45) is 0 Å². The Morgan fingerprint density at radius 3 is 2.79 bits per heavy atom. The highest BCUT2D eigenvalue weighted by atomic mass is 79.9. The fourth-order valence-electron chi connectivity index (χ4n) is 2.34. The van der Waals surface area contributed by atoms with E-state index in [1.807, 2.05) is 19.1 Å². The van der Waals surface area contributed by atoms with Gasteiger partial charge < -0.3 is 9.64 Å². The number of amides is 1. The largest absolute Gasteiger partial charge is 0.467 e. The first-order chi connectivity index (χ1) is 9.04. The van der Waals surface area contributed by atoms with Gasteiger partial charge >= 0.3 is 5.97 Å². The van der Waals surface area contributed by atoms with Crippen LogP contribution in [0, 0.1) is 6.92 Å². The zero-order chi connectivity index (χ0) is 14.0. The number of benzene rings is 1. The first kappa shape index (κ1) is 14.1. The van der Waals surface area contributed by atoms with Crippen molar-refractivity contribution in [2.75, 3.05) is 13.7 Å². The van der Waals surface area contributed by atoms with E-state index in [-0.39, 0.29) is 11.9 Å². The Kier molecular flexibility index (Phi) is 4.24. The number of hydrogen-bond donors (Lipinski definition) is 0. The van der Waals surface area contributed by atoms with E-state index in [4.69, 9.17) is 4.74 Å². The number of ether oxygens (including phenoxy) is 1. The molecule has 1 unspecified atom stereocenters. The lowest BCUT2D eigenvalue weighted by Crippen LogP contribution is -2.41. The topological polar surface area (TPSA) is 46.6 Å². The van der Waals surface area contributed by atoms with Crippen LogP contribution >= 0.6 is 15.9 Å². The fourth-order valence-corrected chi connectivity index (χ4v) is 3.00. The standard InChI is InChI=1S/C14H16BrNO3/c1-9-5-6-10(11(15)8-9)13(17)16-7-3-4-12(16)14(18)19-2/h5-6,8,12H,3-4,7H2,1-2H3. The molecule has 1 atom stereocenters. The van der Waals surface area contributed by atoms with Crippen LogP contribution in [-0.4, -0.2) is 36.5 Å². The van der Waals surface area contributed by atoms with Crippen LogP contribution in [0.5, 0.6) is 0 Å². The molecule has 1 aromatic rings. The molecule has 0 bridgehead atoms. The number of rotatable bonds is 2. The van der Waals surface area contributed by atoms with Gasteiger partial charge in [-0.05, 0) is 53.4 Å². The number of esters is 1. The van der Waals surface area contributed by atoms with E-state index >= 15 is 0 Å². The number of aryl methyl sites for hydroxylation is 1. The van der Waals surface area contributed by atoms with E-state index < -0.39 is 6.04 Å². The molecule has 19 heavy (non-hydrogen) atoms. The van der Waals surface area contributed by atoms with Crippen molar-refractivity contribution in [1.82, 2.24) is 4.90 Å². The summed E-state index contributed by atoms with van der Waals surface area (Å²) in [7, 11) is 1.35. The monoisotopic (exact) mass is 325 g/mol. The summed E-state index contributed by atoms with van der Waals surface area (Å²) in [4.78, 5) is 25.8. The fraction of sp³-hybridized carbons (Fsp3) is 0.429. The number of hydrogen-bond acceptors (Lipinski definition) is 3. The van der Waals surface area contributed by atoms with Gasteiger partial charge in [0.1, 0.15) is 6.04 Å². The van der Waals surface area contributed by atoms with Crippen molar-refractivity contribution in [2.45, 2.75) is 25.8 Å². The molecule has 1 aliphatic rings. The van der Waals surface area contributed by atoms with Crippen LogP contribution < -0.4 is 0 Å². The summed E-state index contributed by atoms with van der Waals surface area (Å²) >= 11 is 3.41. The van der Waals surface area contributed by atoms with Crippen LogP contribution in [0.25, 0.3) is 0 Å². The zero-order valence-electron chi connectivity index (χ0n) is 11.0. The molecule has 1 saturated heterocycles. The predicted octanol–water partition coefficient (Wildman–Crippen LogP) is 2.54. The maximum absolute atomic E-state index is 12.5. The Bertz CT molecular complexity index is 515. The Balaban J connectivity index is 2.25. The minimum Gasteiger partial charge on any atom is -0.467 e. The highest BCUT2D eigenvalue weighted by Gasteiger charge is 2.35. The third-order valence-electron chi connectivity index (χ3n) is 3.34. The smallest absolute Gasteiger partial charge is 0.328 e. The molecule has 0 spiro atoms. The van der Waals surface area contributed by atoms with E-state index in [0.29, 0.717) is 18.5 Å². The summed E-state index contributed by atoms with van der Waals surface area (Å²) in [6.07, 6.45) is 1.50. The second-order valence-electron chi connectivity index (χ2n) is 4.66. The van der Waals surface area contributed by atoms with Gasteiger partial charge in [0.25, 0.3) is 5.91 Å². The first-order valence-corrected chi connectivity index (χ1v) is 6.99. The highest BCUT2D eigenvalue weighted by Crippen LogP contribution is 2.25. The van der Waals surface area contributed by atoms with Crippen LogP contribution in [0.1, 0.15) is 28.8 Å². The first-order valence-electron chi connectivity index (χ1n) is 6.19. The van der Waals surface area contributed by atoms with Gasteiger partial charge in [0.05, 0.1) is 12.7 Å². The molecule has 0 saturated carbocycles. The Labute approximate surface area is 120 Å². The summed E-state index contributed by atoms with van der Waals surface area (Å²) in [5, 5.41) is 0. The minimum atomic E-state index is -0.453. The normalized spacial score (nSPS) is 18.5. The lowest BCUT2D eigenvalue weighted by molar-refractivity contribution is -0.145. The number of halogens is 1. The van der Waals surface area contributed by atoms with Crippen molar-refractivity contribution in [3.8, 4) is 0 Å².